The van der Waals surface area contributed by atoms with Gasteiger partial charge in [-0.1, -0.05) is 12.1 Å². The molecule has 6 nitrogen and oxygen atoms in total. The third-order valence-electron chi connectivity index (χ3n) is 3.66. The molecule has 0 aliphatic carbocycles. The fourth-order valence-electron chi connectivity index (χ4n) is 2.47. The molecule has 0 atom stereocenters. The number of fused-ring (bicyclic) bond motifs is 2. The fraction of sp³-hybridized carbons (Fsp3) is 0.111. The van der Waals surface area contributed by atoms with Crippen molar-refractivity contribution in [1.82, 2.24) is 14.4 Å². The zero-order valence-electron chi connectivity index (χ0n) is 13.7. The molecular weight excluding hydrogens is 370 g/mol. The number of para-hydroxylation sites is 1. The first-order valence-corrected chi connectivity index (χ1v) is 9.47. The smallest absolute Gasteiger partial charge is 0.331 e. The highest BCUT2D eigenvalue weighted by atomic mass is 32.1. The number of rotatable bonds is 4. The van der Waals surface area contributed by atoms with Crippen LogP contribution in [-0.2, 0) is 16.1 Å². The summed E-state index contributed by atoms with van der Waals surface area (Å²) >= 11 is 2.88. The Kier molecular flexibility index (Phi) is 4.36. The van der Waals surface area contributed by atoms with Crippen molar-refractivity contribution in [2.45, 2.75) is 13.5 Å². The first-order valence-electron chi connectivity index (χ1n) is 7.77. The molecule has 0 aliphatic heterocycles. The molecule has 0 N–H and O–H groups in total. The summed E-state index contributed by atoms with van der Waals surface area (Å²) in [5.41, 5.74) is 1.99. The van der Waals surface area contributed by atoms with Crippen LogP contribution in [0.3, 0.4) is 0 Å². The van der Waals surface area contributed by atoms with Crippen LogP contribution in [0.2, 0.25) is 0 Å². The van der Waals surface area contributed by atoms with Gasteiger partial charge in [-0.15, -0.1) is 22.7 Å². The van der Waals surface area contributed by atoms with Crippen molar-refractivity contribution in [2.75, 3.05) is 0 Å². The van der Waals surface area contributed by atoms with Gasteiger partial charge in [-0.2, -0.15) is 0 Å². The number of aryl methyl sites for hydroxylation is 1. The lowest BCUT2D eigenvalue weighted by Crippen LogP contribution is -2.16. The van der Waals surface area contributed by atoms with Crippen LogP contribution in [0.25, 0.3) is 21.3 Å². The van der Waals surface area contributed by atoms with Gasteiger partial charge in [0, 0.05) is 23.2 Å². The molecule has 130 valence electrons. The Hall–Kier alpha value is -2.84. The molecule has 0 aliphatic rings. The van der Waals surface area contributed by atoms with E-state index < -0.39 is 5.97 Å². The number of esters is 1. The minimum atomic E-state index is -0.506. The van der Waals surface area contributed by atoms with E-state index in [1.54, 1.807) is 6.08 Å². The minimum Gasteiger partial charge on any atom is -0.456 e. The van der Waals surface area contributed by atoms with Crippen LogP contribution in [0.1, 0.15) is 16.4 Å². The van der Waals surface area contributed by atoms with Gasteiger partial charge in [0.05, 0.1) is 15.9 Å². The van der Waals surface area contributed by atoms with Gasteiger partial charge >= 0.3 is 5.97 Å². The highest BCUT2D eigenvalue weighted by Gasteiger charge is 2.08. The summed E-state index contributed by atoms with van der Waals surface area (Å²) in [5, 5.41) is 2.59. The second-order valence-electron chi connectivity index (χ2n) is 5.54. The molecule has 0 fully saturated rings. The van der Waals surface area contributed by atoms with E-state index in [0.717, 1.165) is 20.9 Å². The summed E-state index contributed by atoms with van der Waals surface area (Å²) in [4.78, 5) is 33.4. The monoisotopic (exact) mass is 383 g/mol. The van der Waals surface area contributed by atoms with Crippen LogP contribution in [-0.4, -0.2) is 20.3 Å². The van der Waals surface area contributed by atoms with Crippen molar-refractivity contribution >= 4 is 49.9 Å². The fourth-order valence-corrected chi connectivity index (χ4v) is 4.23. The average molecular weight is 383 g/mol. The molecule has 3 heterocycles. The number of aromatic nitrogens is 3. The van der Waals surface area contributed by atoms with E-state index in [9.17, 15) is 9.59 Å². The van der Waals surface area contributed by atoms with Gasteiger partial charge in [0.1, 0.15) is 11.6 Å². The van der Waals surface area contributed by atoms with Gasteiger partial charge in [-0.3, -0.25) is 9.20 Å². The third-order valence-corrected chi connectivity index (χ3v) is 5.61. The minimum absolute atomic E-state index is 0.0499. The van der Waals surface area contributed by atoms with E-state index in [0.29, 0.717) is 10.7 Å². The van der Waals surface area contributed by atoms with Crippen LogP contribution < -0.4 is 5.56 Å². The van der Waals surface area contributed by atoms with Crippen LogP contribution in [0.4, 0.5) is 0 Å². The Morgan fingerprint density at radius 3 is 3.00 bits per heavy atom. The Morgan fingerprint density at radius 2 is 2.15 bits per heavy atom. The van der Waals surface area contributed by atoms with Gasteiger partial charge in [-0.05, 0) is 25.1 Å². The number of ether oxygens (including phenoxy) is 1. The Bertz CT molecular complexity index is 1170. The molecule has 0 saturated heterocycles. The van der Waals surface area contributed by atoms with Crippen molar-refractivity contribution in [3.63, 3.8) is 0 Å². The molecule has 0 unspecified atom stereocenters. The molecular formula is C18H13N3O3S2. The molecule has 8 heteroatoms. The lowest BCUT2D eigenvalue weighted by Gasteiger charge is -2.02. The number of benzene rings is 1. The number of hydrogen-bond acceptors (Lipinski definition) is 7. The van der Waals surface area contributed by atoms with Crippen LogP contribution in [0.5, 0.6) is 0 Å². The van der Waals surface area contributed by atoms with Gasteiger partial charge in [-0.25, -0.2) is 14.8 Å². The molecule has 0 spiro atoms. The van der Waals surface area contributed by atoms with Gasteiger partial charge in [0.2, 0.25) is 0 Å². The van der Waals surface area contributed by atoms with E-state index in [1.165, 1.54) is 39.2 Å². The average Bonchev–Trinajstić information content (AvgIpc) is 3.21. The number of nitrogens with zero attached hydrogens (tertiary/aromatic N) is 3. The summed E-state index contributed by atoms with van der Waals surface area (Å²) in [5.74, 6) is -0.506. The summed E-state index contributed by atoms with van der Waals surface area (Å²) < 4.78 is 7.77. The summed E-state index contributed by atoms with van der Waals surface area (Å²) in [7, 11) is 0. The van der Waals surface area contributed by atoms with E-state index >= 15 is 0 Å². The van der Waals surface area contributed by atoms with Crippen LogP contribution >= 0.6 is 22.7 Å². The van der Waals surface area contributed by atoms with Crippen LogP contribution in [0, 0.1) is 6.92 Å². The Labute approximate surface area is 156 Å². The van der Waals surface area contributed by atoms with E-state index in [2.05, 4.69) is 9.97 Å². The number of carbonyl (C=O) groups is 1. The molecule has 0 bridgehead atoms. The number of carbonyl (C=O) groups excluding carboxylic acids is 1. The van der Waals surface area contributed by atoms with Crippen molar-refractivity contribution < 1.29 is 9.53 Å². The molecule has 0 saturated carbocycles. The first-order chi connectivity index (χ1) is 12.6. The highest BCUT2D eigenvalue weighted by Crippen LogP contribution is 2.22. The van der Waals surface area contributed by atoms with Crippen molar-refractivity contribution in [3.05, 3.63) is 68.5 Å². The lowest BCUT2D eigenvalue weighted by atomic mass is 10.3. The Balaban J connectivity index is 1.44. The second kappa shape index (κ2) is 6.81. The number of thiazole rings is 2. The predicted octanol–water partition coefficient (Wildman–Crippen LogP) is 3.43. The van der Waals surface area contributed by atoms with Gasteiger partial charge in [0.15, 0.2) is 4.96 Å². The molecule has 0 amide bonds. The zero-order chi connectivity index (χ0) is 18.1. The maximum absolute atomic E-state index is 12.1. The largest absolute Gasteiger partial charge is 0.456 e. The first kappa shape index (κ1) is 16.6. The van der Waals surface area contributed by atoms with Crippen molar-refractivity contribution in [1.29, 1.82) is 0 Å². The van der Waals surface area contributed by atoms with Gasteiger partial charge < -0.3 is 4.74 Å². The van der Waals surface area contributed by atoms with E-state index in [4.69, 9.17) is 4.74 Å². The maximum atomic E-state index is 12.1. The molecule has 4 rings (SSSR count). The van der Waals surface area contributed by atoms with Crippen molar-refractivity contribution in [2.24, 2.45) is 0 Å². The summed E-state index contributed by atoms with van der Waals surface area (Å²) in [6.45, 7) is 1.80. The number of hydrogen-bond donors (Lipinski definition) is 0. The predicted molar refractivity (Wildman–Crippen MR) is 103 cm³/mol. The Morgan fingerprint density at radius 1 is 1.31 bits per heavy atom. The van der Waals surface area contributed by atoms with E-state index in [-0.39, 0.29) is 12.2 Å². The highest BCUT2D eigenvalue weighted by molar-refractivity contribution is 7.19. The molecule has 0 radical (unpaired) electrons. The van der Waals surface area contributed by atoms with Crippen LogP contribution in [0.15, 0.2) is 46.6 Å². The standard InChI is InChI=1S/C18H13N3O3S2/c1-11-10-25-18-19-12(8-16(22)21(11)18)9-24-17(23)7-6-15-20-13-4-2-3-5-14(13)26-15/h2-8,10H,9H2,1H3/b7-6+. The second-order valence-corrected chi connectivity index (χ2v) is 7.44. The van der Waals surface area contributed by atoms with Crippen molar-refractivity contribution in [3.8, 4) is 0 Å². The molecule has 1 aromatic carbocycles. The molecule has 3 aromatic heterocycles. The summed E-state index contributed by atoms with van der Waals surface area (Å²) in [6.07, 6.45) is 2.96. The lowest BCUT2D eigenvalue weighted by molar-refractivity contribution is -0.139. The quantitative estimate of drug-likeness (QED) is 0.399. The zero-order valence-corrected chi connectivity index (χ0v) is 15.3. The third kappa shape index (κ3) is 3.29. The topological polar surface area (TPSA) is 73.6 Å². The molecule has 4 aromatic rings. The SMILES string of the molecule is Cc1csc2nc(COC(=O)/C=C/c3nc4ccccc4s3)cc(=O)n12. The van der Waals surface area contributed by atoms with Gasteiger partial charge in [0.25, 0.3) is 5.56 Å². The summed E-state index contributed by atoms with van der Waals surface area (Å²) in [6, 6.07) is 9.16. The van der Waals surface area contributed by atoms with E-state index in [1.807, 2.05) is 36.6 Å². The molecule has 26 heavy (non-hydrogen) atoms. The maximum Gasteiger partial charge on any atom is 0.331 e. The normalized spacial score (nSPS) is 11.6.